The van der Waals surface area contributed by atoms with Crippen LogP contribution in [-0.2, 0) is 23.8 Å². The lowest BCUT2D eigenvalue weighted by atomic mass is 9.96. The predicted octanol–water partition coefficient (Wildman–Crippen LogP) is 0.367. The lowest BCUT2D eigenvalue weighted by Crippen LogP contribution is -2.42. The lowest BCUT2D eigenvalue weighted by molar-refractivity contribution is -0.143. The zero-order valence-corrected chi connectivity index (χ0v) is 9.21. The maximum absolute atomic E-state index is 11.1. The van der Waals surface area contributed by atoms with Crippen LogP contribution in [-0.4, -0.2) is 20.9 Å². The number of aliphatic carboxylic acids is 1. The minimum absolute atomic E-state index is 0.416. The number of rotatable bonds is 1. The molecule has 0 amide bonds. The van der Waals surface area contributed by atoms with Crippen molar-refractivity contribution in [2.24, 2.45) is 12.8 Å². The molecule has 14 heavy (non-hydrogen) atoms. The summed E-state index contributed by atoms with van der Waals surface area (Å²) in [7, 11) is 1.75. The molecule has 2 rings (SSSR count). The molecule has 1 atom stereocenters. The van der Waals surface area contributed by atoms with E-state index in [0.717, 1.165) is 5.69 Å². The maximum atomic E-state index is 11.1. The molecule has 1 heterocycles. The number of aryl methyl sites for hydroxylation is 2. The first kappa shape index (κ1) is 9.67. The number of halogens is 1. The van der Waals surface area contributed by atoms with Crippen molar-refractivity contribution in [2.45, 2.75) is 18.4 Å². The van der Waals surface area contributed by atoms with Gasteiger partial charge in [-0.2, -0.15) is 5.10 Å². The van der Waals surface area contributed by atoms with Crippen LogP contribution in [0, 0.1) is 0 Å². The van der Waals surface area contributed by atoms with Gasteiger partial charge in [-0.05, 0) is 28.8 Å². The van der Waals surface area contributed by atoms with E-state index in [1.165, 1.54) is 0 Å². The van der Waals surface area contributed by atoms with Crippen LogP contribution in [0.3, 0.4) is 0 Å². The molecule has 0 bridgehead atoms. The van der Waals surface area contributed by atoms with E-state index in [-0.39, 0.29) is 0 Å². The topological polar surface area (TPSA) is 81.1 Å². The van der Waals surface area contributed by atoms with Gasteiger partial charge in [-0.1, -0.05) is 0 Å². The minimum atomic E-state index is -1.28. The van der Waals surface area contributed by atoms with E-state index in [0.29, 0.717) is 23.0 Å². The smallest absolute Gasteiger partial charge is 0.328 e. The van der Waals surface area contributed by atoms with Gasteiger partial charge < -0.3 is 10.8 Å². The molecular formula is C8H10BrN3O2. The Kier molecular flexibility index (Phi) is 1.94. The maximum Gasteiger partial charge on any atom is 0.328 e. The van der Waals surface area contributed by atoms with Gasteiger partial charge in [0.1, 0.15) is 10.1 Å². The fraction of sp³-hybridized carbons (Fsp3) is 0.500. The highest BCUT2D eigenvalue weighted by Gasteiger charge is 2.46. The number of hydrogen-bond acceptors (Lipinski definition) is 3. The summed E-state index contributed by atoms with van der Waals surface area (Å²) in [5.74, 6) is -0.995. The molecule has 0 saturated heterocycles. The number of carboxylic acids is 1. The van der Waals surface area contributed by atoms with Gasteiger partial charge in [0.25, 0.3) is 0 Å². The Balaban J connectivity index is 2.63. The predicted molar refractivity (Wildman–Crippen MR) is 52.7 cm³/mol. The first-order valence-corrected chi connectivity index (χ1v) is 5.00. The van der Waals surface area contributed by atoms with Crippen molar-refractivity contribution in [1.29, 1.82) is 0 Å². The Morgan fingerprint density at radius 3 is 3.00 bits per heavy atom. The molecule has 1 aromatic rings. The largest absolute Gasteiger partial charge is 0.480 e. The van der Waals surface area contributed by atoms with E-state index in [1.807, 2.05) is 0 Å². The number of aromatic nitrogens is 2. The van der Waals surface area contributed by atoms with Crippen LogP contribution in [0.1, 0.15) is 17.7 Å². The number of nitrogens with zero attached hydrogens (tertiary/aromatic N) is 2. The third kappa shape index (κ3) is 1.04. The SMILES string of the molecule is Cn1nc2c(c1Br)C(N)(C(=O)O)CC2. The van der Waals surface area contributed by atoms with Crippen LogP contribution in [0.4, 0.5) is 0 Å². The van der Waals surface area contributed by atoms with Gasteiger partial charge in [-0.3, -0.25) is 4.68 Å². The Hall–Kier alpha value is -0.880. The molecule has 1 aromatic heterocycles. The van der Waals surface area contributed by atoms with E-state index in [9.17, 15) is 4.79 Å². The average Bonchev–Trinajstić information content (AvgIpc) is 2.56. The van der Waals surface area contributed by atoms with Crippen molar-refractivity contribution < 1.29 is 9.90 Å². The monoisotopic (exact) mass is 259 g/mol. The molecule has 6 heteroatoms. The molecule has 0 aromatic carbocycles. The van der Waals surface area contributed by atoms with Crippen molar-refractivity contribution in [3.63, 3.8) is 0 Å². The van der Waals surface area contributed by atoms with Gasteiger partial charge in [0.05, 0.1) is 5.69 Å². The fourth-order valence-electron chi connectivity index (χ4n) is 1.83. The zero-order valence-electron chi connectivity index (χ0n) is 7.62. The second kappa shape index (κ2) is 2.80. The molecule has 0 aliphatic heterocycles. The summed E-state index contributed by atoms with van der Waals surface area (Å²) >= 11 is 3.30. The van der Waals surface area contributed by atoms with Crippen LogP contribution in [0.25, 0.3) is 0 Å². The van der Waals surface area contributed by atoms with Crippen molar-refractivity contribution in [3.8, 4) is 0 Å². The molecular weight excluding hydrogens is 250 g/mol. The first-order chi connectivity index (χ1) is 6.47. The number of carbonyl (C=O) groups is 1. The highest BCUT2D eigenvalue weighted by Crippen LogP contribution is 2.39. The number of nitrogens with two attached hydrogens (primary N) is 1. The van der Waals surface area contributed by atoms with Gasteiger partial charge in [0.15, 0.2) is 0 Å². The molecule has 1 aliphatic carbocycles. The van der Waals surface area contributed by atoms with Crippen LogP contribution < -0.4 is 5.73 Å². The van der Waals surface area contributed by atoms with Gasteiger partial charge >= 0.3 is 5.97 Å². The molecule has 1 aliphatic rings. The Labute approximate surface area is 89.0 Å². The lowest BCUT2D eigenvalue weighted by Gasteiger charge is -2.18. The summed E-state index contributed by atoms with van der Waals surface area (Å²) < 4.78 is 2.27. The van der Waals surface area contributed by atoms with Crippen molar-refractivity contribution >= 4 is 21.9 Å². The van der Waals surface area contributed by atoms with Crippen LogP contribution in [0.15, 0.2) is 4.60 Å². The van der Waals surface area contributed by atoms with Gasteiger partial charge in [-0.25, -0.2) is 4.79 Å². The summed E-state index contributed by atoms with van der Waals surface area (Å²) in [5, 5.41) is 13.3. The molecule has 76 valence electrons. The van der Waals surface area contributed by atoms with Crippen LogP contribution in [0.5, 0.6) is 0 Å². The van der Waals surface area contributed by atoms with E-state index in [4.69, 9.17) is 10.8 Å². The highest BCUT2D eigenvalue weighted by molar-refractivity contribution is 9.10. The van der Waals surface area contributed by atoms with Crippen molar-refractivity contribution in [3.05, 3.63) is 15.9 Å². The van der Waals surface area contributed by atoms with E-state index in [2.05, 4.69) is 21.0 Å². The number of hydrogen-bond donors (Lipinski definition) is 2. The summed E-state index contributed by atoms with van der Waals surface area (Å²) in [5.41, 5.74) is 5.97. The summed E-state index contributed by atoms with van der Waals surface area (Å²) in [6, 6.07) is 0. The second-order valence-corrected chi connectivity index (χ2v) is 4.26. The summed E-state index contributed by atoms with van der Waals surface area (Å²) in [6.45, 7) is 0. The van der Waals surface area contributed by atoms with Crippen molar-refractivity contribution in [2.75, 3.05) is 0 Å². The third-order valence-electron chi connectivity index (χ3n) is 2.63. The van der Waals surface area contributed by atoms with Gasteiger partial charge in [0.2, 0.25) is 0 Å². The summed E-state index contributed by atoms with van der Waals surface area (Å²) in [4.78, 5) is 11.1. The van der Waals surface area contributed by atoms with Gasteiger partial charge in [-0.15, -0.1) is 0 Å². The van der Waals surface area contributed by atoms with E-state index < -0.39 is 11.5 Å². The normalized spacial score (nSPS) is 25.1. The standard InChI is InChI=1S/C8H10BrN3O2/c1-12-6(9)5-4(11-12)2-3-8(5,10)7(13)14/h2-3,10H2,1H3,(H,13,14). The molecule has 5 nitrogen and oxygen atoms in total. The molecule has 0 fully saturated rings. The Bertz CT molecular complexity index is 415. The first-order valence-electron chi connectivity index (χ1n) is 4.21. The molecule has 1 unspecified atom stereocenters. The highest BCUT2D eigenvalue weighted by atomic mass is 79.9. The fourth-order valence-corrected chi connectivity index (χ4v) is 2.49. The van der Waals surface area contributed by atoms with E-state index in [1.54, 1.807) is 11.7 Å². The second-order valence-electron chi connectivity index (χ2n) is 3.51. The summed E-state index contributed by atoms with van der Waals surface area (Å²) in [6.07, 6.45) is 1.04. The van der Waals surface area contributed by atoms with Crippen LogP contribution >= 0.6 is 15.9 Å². The quantitative estimate of drug-likeness (QED) is 0.764. The van der Waals surface area contributed by atoms with Crippen molar-refractivity contribution in [1.82, 2.24) is 9.78 Å². The Morgan fingerprint density at radius 2 is 2.43 bits per heavy atom. The number of carboxylic acid groups (broad SMARTS) is 1. The zero-order chi connectivity index (χ0) is 10.5. The average molecular weight is 260 g/mol. The van der Waals surface area contributed by atoms with Crippen LogP contribution in [0.2, 0.25) is 0 Å². The molecule has 0 saturated carbocycles. The third-order valence-corrected chi connectivity index (χ3v) is 3.54. The van der Waals surface area contributed by atoms with Gasteiger partial charge in [0, 0.05) is 12.6 Å². The molecule has 0 radical (unpaired) electrons. The molecule has 0 spiro atoms. The Morgan fingerprint density at radius 1 is 1.79 bits per heavy atom. The molecule has 3 N–H and O–H groups in total. The number of fused-ring (bicyclic) bond motifs is 1. The minimum Gasteiger partial charge on any atom is -0.480 e. The van der Waals surface area contributed by atoms with E-state index >= 15 is 0 Å².